The number of fused-ring (bicyclic) bond motifs is 3. The first-order chi connectivity index (χ1) is 10.8. The van der Waals surface area contributed by atoms with Gasteiger partial charge in [0.1, 0.15) is 5.84 Å². The first-order valence-corrected chi connectivity index (χ1v) is 7.19. The predicted molar refractivity (Wildman–Crippen MR) is 85.6 cm³/mol. The lowest BCUT2D eigenvalue weighted by atomic mass is 10.1. The number of nitrogens with zero attached hydrogens (tertiary/aromatic N) is 3. The minimum absolute atomic E-state index is 0.162. The zero-order valence-corrected chi connectivity index (χ0v) is 11.9. The van der Waals surface area contributed by atoms with Gasteiger partial charge in [-0.25, -0.2) is 4.99 Å². The molecule has 2 heterocycles. The van der Waals surface area contributed by atoms with Gasteiger partial charge in [0.05, 0.1) is 12.2 Å². The lowest BCUT2D eigenvalue weighted by Crippen LogP contribution is -2.47. The Morgan fingerprint density at radius 3 is 2.68 bits per heavy atom. The minimum atomic E-state index is -0.162. The molecular weight excluding hydrogens is 276 g/mol. The van der Waals surface area contributed by atoms with Crippen molar-refractivity contribution in [1.82, 2.24) is 10.2 Å². The normalized spacial score (nSPS) is 15.5. The van der Waals surface area contributed by atoms with E-state index in [1.165, 1.54) is 0 Å². The van der Waals surface area contributed by atoms with Gasteiger partial charge in [0, 0.05) is 17.7 Å². The Morgan fingerprint density at radius 1 is 1.05 bits per heavy atom. The van der Waals surface area contributed by atoms with Crippen molar-refractivity contribution in [1.29, 1.82) is 0 Å². The summed E-state index contributed by atoms with van der Waals surface area (Å²) in [7, 11) is 0. The van der Waals surface area contributed by atoms with Gasteiger partial charge in [-0.1, -0.05) is 30.3 Å². The van der Waals surface area contributed by atoms with Gasteiger partial charge < -0.3 is 0 Å². The Morgan fingerprint density at radius 2 is 1.82 bits per heavy atom. The molecule has 1 N–H and O–H groups in total. The van der Waals surface area contributed by atoms with E-state index in [-0.39, 0.29) is 5.91 Å². The summed E-state index contributed by atoms with van der Waals surface area (Å²) in [4.78, 5) is 23.4. The molecule has 1 amide bonds. The van der Waals surface area contributed by atoms with Crippen molar-refractivity contribution in [2.75, 3.05) is 13.1 Å². The van der Waals surface area contributed by atoms with Crippen LogP contribution >= 0.6 is 0 Å². The van der Waals surface area contributed by atoms with Crippen LogP contribution < -0.4 is 5.32 Å². The number of para-hydroxylation sites is 1. The Kier molecular flexibility index (Phi) is 2.96. The van der Waals surface area contributed by atoms with Crippen molar-refractivity contribution in [2.24, 2.45) is 9.98 Å². The highest BCUT2D eigenvalue weighted by Crippen LogP contribution is 2.27. The molecule has 2 aliphatic heterocycles. The average molecular weight is 290 g/mol. The zero-order chi connectivity index (χ0) is 14.9. The Balaban J connectivity index is 1.69. The minimum Gasteiger partial charge on any atom is -0.294 e. The van der Waals surface area contributed by atoms with E-state index >= 15 is 0 Å². The highest BCUT2D eigenvalue weighted by molar-refractivity contribution is 6.19. The fraction of sp³-hybridized carbons (Fsp3) is 0.118. The van der Waals surface area contributed by atoms with E-state index in [1.807, 2.05) is 47.4 Å². The number of hydrogen-bond donors (Lipinski definition) is 1. The number of guanidine groups is 1. The van der Waals surface area contributed by atoms with Crippen LogP contribution in [0.15, 0.2) is 64.6 Å². The van der Waals surface area contributed by atoms with E-state index in [4.69, 9.17) is 0 Å². The van der Waals surface area contributed by atoms with Gasteiger partial charge in [-0.2, -0.15) is 0 Å². The number of hydrogen-bond acceptors (Lipinski definition) is 4. The van der Waals surface area contributed by atoms with E-state index in [2.05, 4.69) is 15.3 Å². The molecule has 2 aromatic carbocycles. The summed E-state index contributed by atoms with van der Waals surface area (Å²) in [5.41, 5.74) is 2.46. The molecule has 0 aliphatic carbocycles. The second-order valence-electron chi connectivity index (χ2n) is 5.13. The van der Waals surface area contributed by atoms with Crippen LogP contribution in [-0.2, 0) is 0 Å². The van der Waals surface area contributed by atoms with Gasteiger partial charge in [-0.05, 0) is 24.3 Å². The maximum Gasteiger partial charge on any atom is 0.257 e. The fourth-order valence-electron chi connectivity index (χ4n) is 2.68. The predicted octanol–water partition coefficient (Wildman–Crippen LogP) is 2.18. The average Bonchev–Trinajstić information content (AvgIpc) is 3.06. The second kappa shape index (κ2) is 5.11. The smallest absolute Gasteiger partial charge is 0.257 e. The lowest BCUT2D eigenvalue weighted by molar-refractivity contribution is 0.0974. The molecule has 0 bridgehead atoms. The molecule has 0 saturated heterocycles. The number of carbonyl (C=O) groups excluding carboxylic acids is 1. The summed E-state index contributed by atoms with van der Waals surface area (Å²) >= 11 is 0. The van der Waals surface area contributed by atoms with Crippen molar-refractivity contribution in [3.05, 3.63) is 65.7 Å². The first-order valence-electron chi connectivity index (χ1n) is 7.19. The van der Waals surface area contributed by atoms with Crippen molar-refractivity contribution in [2.45, 2.75) is 0 Å². The fourth-order valence-corrected chi connectivity index (χ4v) is 2.68. The van der Waals surface area contributed by atoms with Crippen LogP contribution in [0.2, 0.25) is 0 Å². The molecule has 0 saturated carbocycles. The molecule has 0 unspecified atom stereocenters. The van der Waals surface area contributed by atoms with Gasteiger partial charge in [-0.3, -0.25) is 20.0 Å². The van der Waals surface area contributed by atoms with E-state index in [1.54, 1.807) is 12.1 Å². The summed E-state index contributed by atoms with van der Waals surface area (Å²) in [6.07, 6.45) is 0. The molecule has 2 aliphatic rings. The third-order valence-electron chi connectivity index (χ3n) is 3.73. The van der Waals surface area contributed by atoms with Gasteiger partial charge in [0.15, 0.2) is 0 Å². The first kappa shape index (κ1) is 12.8. The molecule has 0 fully saturated rings. The monoisotopic (exact) mass is 290 g/mol. The summed E-state index contributed by atoms with van der Waals surface area (Å²) in [6.45, 7) is 1.45. The number of amides is 1. The Bertz CT molecular complexity index is 795. The summed E-state index contributed by atoms with van der Waals surface area (Å²) in [5.74, 6) is 1.27. The molecule has 0 spiro atoms. The van der Waals surface area contributed by atoms with E-state index < -0.39 is 0 Å². The summed E-state index contributed by atoms with van der Waals surface area (Å²) in [5, 5.41) is 2.90. The van der Waals surface area contributed by atoms with Crippen LogP contribution in [0.4, 0.5) is 5.69 Å². The number of rotatable bonds is 1. The SMILES string of the molecule is O=C(NC1=Nc2ccccc2C2=NCCN12)c1ccccc1. The molecule has 0 radical (unpaired) electrons. The van der Waals surface area contributed by atoms with Gasteiger partial charge >= 0.3 is 0 Å². The van der Waals surface area contributed by atoms with Gasteiger partial charge in [0.2, 0.25) is 5.96 Å². The van der Waals surface area contributed by atoms with Crippen LogP contribution in [0.3, 0.4) is 0 Å². The van der Waals surface area contributed by atoms with Crippen LogP contribution in [0.5, 0.6) is 0 Å². The topological polar surface area (TPSA) is 57.1 Å². The highest BCUT2D eigenvalue weighted by Gasteiger charge is 2.30. The Hall–Kier alpha value is -2.95. The van der Waals surface area contributed by atoms with Crippen LogP contribution in [0.25, 0.3) is 0 Å². The third kappa shape index (κ3) is 2.07. The second-order valence-corrected chi connectivity index (χ2v) is 5.13. The molecule has 5 heteroatoms. The molecule has 22 heavy (non-hydrogen) atoms. The number of aliphatic imine (C=N–C) groups is 2. The maximum absolute atomic E-state index is 12.4. The van der Waals surface area contributed by atoms with Crippen LogP contribution in [0.1, 0.15) is 15.9 Å². The van der Waals surface area contributed by atoms with Gasteiger partial charge in [0.25, 0.3) is 5.91 Å². The lowest BCUT2D eigenvalue weighted by Gasteiger charge is -2.27. The quantitative estimate of drug-likeness (QED) is 0.875. The molecule has 4 rings (SSSR count). The molecule has 2 aromatic rings. The number of benzene rings is 2. The van der Waals surface area contributed by atoms with Crippen molar-refractivity contribution < 1.29 is 4.79 Å². The van der Waals surface area contributed by atoms with Gasteiger partial charge in [-0.15, -0.1) is 0 Å². The number of amidine groups is 1. The van der Waals surface area contributed by atoms with Crippen LogP contribution in [0, 0.1) is 0 Å². The van der Waals surface area contributed by atoms with Crippen LogP contribution in [-0.4, -0.2) is 35.7 Å². The maximum atomic E-state index is 12.4. The van der Waals surface area contributed by atoms with Crippen molar-refractivity contribution >= 4 is 23.4 Å². The van der Waals surface area contributed by atoms with E-state index in [9.17, 15) is 4.79 Å². The molecule has 0 atom stereocenters. The van der Waals surface area contributed by atoms with E-state index in [0.717, 1.165) is 23.6 Å². The number of carbonyl (C=O) groups is 1. The summed E-state index contributed by atoms with van der Waals surface area (Å²) in [6, 6.07) is 17.0. The molecule has 5 nitrogen and oxygen atoms in total. The molecule has 0 aromatic heterocycles. The third-order valence-corrected chi connectivity index (χ3v) is 3.73. The Labute approximate surface area is 128 Å². The summed E-state index contributed by atoms with van der Waals surface area (Å²) < 4.78 is 0. The standard InChI is InChI=1S/C17H14N4O/c22-16(12-6-2-1-3-7-12)20-17-19-14-9-5-4-8-13(14)15-18-10-11-21(15)17/h1-9H,10-11H2,(H,19,20,22). The molecule has 108 valence electrons. The largest absolute Gasteiger partial charge is 0.294 e. The van der Waals surface area contributed by atoms with Crippen molar-refractivity contribution in [3.63, 3.8) is 0 Å². The zero-order valence-electron chi connectivity index (χ0n) is 11.9. The molecular formula is C17H14N4O. The van der Waals surface area contributed by atoms with E-state index in [0.29, 0.717) is 18.1 Å². The highest BCUT2D eigenvalue weighted by atomic mass is 16.1. The number of nitrogens with one attached hydrogen (secondary N) is 1. The van der Waals surface area contributed by atoms with Crippen molar-refractivity contribution in [3.8, 4) is 0 Å².